The second-order valence-corrected chi connectivity index (χ2v) is 6.56. The molecule has 7 N–H and O–H groups in total. The molecule has 0 radical (unpaired) electrons. The molecule has 0 aliphatic rings. The van der Waals surface area contributed by atoms with E-state index in [0.717, 1.165) is 27.4 Å². The number of aliphatic imine (C=N–C) groups is 1. The van der Waals surface area contributed by atoms with Crippen LogP contribution in [-0.4, -0.2) is 40.0 Å². The van der Waals surface area contributed by atoms with Crippen LogP contribution in [0.3, 0.4) is 0 Å². The van der Waals surface area contributed by atoms with Crippen LogP contribution in [0.5, 0.6) is 5.75 Å². The number of phenols is 1. The van der Waals surface area contributed by atoms with Crippen molar-refractivity contribution in [1.82, 2.24) is 15.3 Å². The molecule has 0 atom stereocenters. The van der Waals surface area contributed by atoms with Crippen LogP contribution in [0.2, 0.25) is 0 Å². The number of H-pyrrole nitrogens is 1. The minimum atomic E-state index is -0.317. The van der Waals surface area contributed by atoms with Gasteiger partial charge in [-0.3, -0.25) is 9.79 Å². The van der Waals surface area contributed by atoms with E-state index in [4.69, 9.17) is 11.5 Å². The molecule has 0 unspecified atom stereocenters. The van der Waals surface area contributed by atoms with Crippen molar-refractivity contribution < 1.29 is 9.90 Å². The van der Waals surface area contributed by atoms with Gasteiger partial charge >= 0.3 is 0 Å². The fraction of sp³-hybridized carbons (Fsp3) is 0.0952. The number of guanidine groups is 1. The predicted octanol–water partition coefficient (Wildman–Crippen LogP) is 2.09. The van der Waals surface area contributed by atoms with Crippen LogP contribution in [0.4, 0.5) is 0 Å². The first-order valence-corrected chi connectivity index (χ1v) is 9.07. The Labute approximate surface area is 166 Å². The molecule has 0 aliphatic carbocycles. The highest BCUT2D eigenvalue weighted by molar-refractivity contribution is 6.13. The predicted molar refractivity (Wildman–Crippen MR) is 114 cm³/mol. The Balaban J connectivity index is 1.81. The van der Waals surface area contributed by atoms with Crippen molar-refractivity contribution >= 4 is 33.7 Å². The maximum atomic E-state index is 12.7. The number of rotatable bonds is 5. The molecule has 146 valence electrons. The lowest BCUT2D eigenvalue weighted by Crippen LogP contribution is -2.29. The summed E-state index contributed by atoms with van der Waals surface area (Å²) in [4.78, 5) is 24.5. The van der Waals surface area contributed by atoms with Crippen molar-refractivity contribution in [2.75, 3.05) is 13.1 Å². The Bertz CT molecular complexity index is 1220. The Hall–Kier alpha value is -4.07. The molecule has 2 aromatic heterocycles. The van der Waals surface area contributed by atoms with E-state index < -0.39 is 0 Å². The van der Waals surface area contributed by atoms with Gasteiger partial charge in [-0.15, -0.1) is 0 Å². The fourth-order valence-electron chi connectivity index (χ4n) is 3.24. The van der Waals surface area contributed by atoms with Crippen LogP contribution in [-0.2, 0) is 0 Å². The number of nitrogens with two attached hydrogens (primary N) is 2. The number of carbonyl (C=O) groups is 1. The number of amides is 1. The summed E-state index contributed by atoms with van der Waals surface area (Å²) in [5.41, 5.74) is 14.1. The number of carbonyl (C=O) groups excluding carboxylic acids is 1. The molecule has 8 heteroatoms. The summed E-state index contributed by atoms with van der Waals surface area (Å²) in [6.07, 6.45) is 0. The Morgan fingerprint density at radius 2 is 1.86 bits per heavy atom. The Kier molecular flexibility index (Phi) is 4.74. The molecule has 1 amide bonds. The summed E-state index contributed by atoms with van der Waals surface area (Å²) in [6.45, 7) is 0.576. The first-order chi connectivity index (χ1) is 14.0. The first kappa shape index (κ1) is 18.3. The highest BCUT2D eigenvalue weighted by atomic mass is 16.3. The number of phenolic OH excluding ortho intramolecular Hbond substituents is 1. The van der Waals surface area contributed by atoms with E-state index in [-0.39, 0.29) is 29.9 Å². The summed E-state index contributed by atoms with van der Waals surface area (Å²) in [5, 5.41) is 14.3. The number of benzene rings is 2. The number of hydrogen-bond acceptors (Lipinski definition) is 4. The summed E-state index contributed by atoms with van der Waals surface area (Å²) in [5.74, 6) is -0.175. The van der Waals surface area contributed by atoms with Gasteiger partial charge in [0.1, 0.15) is 11.4 Å². The zero-order valence-corrected chi connectivity index (χ0v) is 15.5. The average molecular weight is 388 g/mol. The van der Waals surface area contributed by atoms with Crippen molar-refractivity contribution in [3.8, 4) is 17.0 Å². The maximum absolute atomic E-state index is 12.7. The second kappa shape index (κ2) is 7.51. The van der Waals surface area contributed by atoms with Gasteiger partial charge in [-0.25, -0.2) is 4.98 Å². The molecule has 8 nitrogen and oxygen atoms in total. The molecule has 0 aliphatic heterocycles. The standard InChI is InChI=1S/C21H20N6O2/c22-21(23)25-10-9-24-20(29)17-11-15-14-3-1-2-4-16(14)26-19(15)18(27-17)12-5-7-13(28)8-6-12/h1-8,11,26,28H,9-10H2,(H,24,29)(H4,22,23,25). The Morgan fingerprint density at radius 1 is 1.10 bits per heavy atom. The molecular weight excluding hydrogens is 368 g/mol. The monoisotopic (exact) mass is 388 g/mol. The lowest BCUT2D eigenvalue weighted by Gasteiger charge is -2.08. The van der Waals surface area contributed by atoms with Gasteiger partial charge < -0.3 is 26.9 Å². The van der Waals surface area contributed by atoms with E-state index in [0.29, 0.717) is 12.2 Å². The average Bonchev–Trinajstić information content (AvgIpc) is 3.09. The summed E-state index contributed by atoms with van der Waals surface area (Å²) in [6, 6.07) is 16.4. The maximum Gasteiger partial charge on any atom is 0.269 e. The van der Waals surface area contributed by atoms with E-state index in [1.807, 2.05) is 24.3 Å². The molecular formula is C21H20N6O2. The van der Waals surface area contributed by atoms with Gasteiger partial charge in [0.05, 0.1) is 17.8 Å². The first-order valence-electron chi connectivity index (χ1n) is 9.07. The molecule has 4 rings (SSSR count). The molecule has 0 bridgehead atoms. The molecule has 0 spiro atoms. The number of para-hydroxylation sites is 1. The molecule has 2 aromatic carbocycles. The largest absolute Gasteiger partial charge is 0.508 e. The smallest absolute Gasteiger partial charge is 0.269 e. The number of hydrogen-bond donors (Lipinski definition) is 5. The number of aromatic amines is 1. The normalized spacial score (nSPS) is 10.9. The quantitative estimate of drug-likeness (QED) is 0.202. The van der Waals surface area contributed by atoms with Crippen LogP contribution in [0, 0.1) is 0 Å². The van der Waals surface area contributed by atoms with Crippen molar-refractivity contribution in [1.29, 1.82) is 0 Å². The molecule has 0 saturated heterocycles. The summed E-state index contributed by atoms with van der Waals surface area (Å²) >= 11 is 0. The van der Waals surface area contributed by atoms with Gasteiger partial charge in [0.2, 0.25) is 0 Å². The van der Waals surface area contributed by atoms with Crippen LogP contribution in [0.1, 0.15) is 10.5 Å². The minimum absolute atomic E-state index is 0.0211. The van der Waals surface area contributed by atoms with Crippen LogP contribution in [0.25, 0.3) is 33.1 Å². The van der Waals surface area contributed by atoms with Gasteiger partial charge in [-0.1, -0.05) is 18.2 Å². The number of pyridine rings is 1. The van der Waals surface area contributed by atoms with Crippen LogP contribution in [0.15, 0.2) is 59.6 Å². The topological polar surface area (TPSA) is 142 Å². The van der Waals surface area contributed by atoms with Crippen molar-refractivity contribution in [2.45, 2.75) is 0 Å². The number of aromatic nitrogens is 2. The second-order valence-electron chi connectivity index (χ2n) is 6.56. The molecule has 4 aromatic rings. The fourth-order valence-corrected chi connectivity index (χ4v) is 3.24. The third kappa shape index (κ3) is 3.68. The zero-order chi connectivity index (χ0) is 20.4. The third-order valence-corrected chi connectivity index (χ3v) is 4.56. The number of nitrogens with zero attached hydrogens (tertiary/aromatic N) is 2. The van der Waals surface area contributed by atoms with E-state index in [2.05, 4.69) is 20.3 Å². The summed E-state index contributed by atoms with van der Waals surface area (Å²) < 4.78 is 0. The highest BCUT2D eigenvalue weighted by Gasteiger charge is 2.16. The van der Waals surface area contributed by atoms with E-state index in [9.17, 15) is 9.90 Å². The molecule has 0 saturated carbocycles. The SMILES string of the molecule is NC(N)=NCCNC(=O)c1cc2c([nH]c3ccccc32)c(-c2ccc(O)cc2)n1. The van der Waals surface area contributed by atoms with Gasteiger partial charge in [-0.05, 0) is 36.4 Å². The number of nitrogens with one attached hydrogen (secondary N) is 2. The lowest BCUT2D eigenvalue weighted by molar-refractivity contribution is 0.0950. The zero-order valence-electron chi connectivity index (χ0n) is 15.5. The molecule has 29 heavy (non-hydrogen) atoms. The number of aromatic hydroxyl groups is 1. The van der Waals surface area contributed by atoms with Crippen molar-refractivity contribution in [3.63, 3.8) is 0 Å². The van der Waals surface area contributed by atoms with Crippen LogP contribution < -0.4 is 16.8 Å². The molecule has 0 fully saturated rings. The third-order valence-electron chi connectivity index (χ3n) is 4.56. The van der Waals surface area contributed by atoms with Gasteiger partial charge in [0, 0.05) is 28.4 Å². The highest BCUT2D eigenvalue weighted by Crippen LogP contribution is 2.33. The van der Waals surface area contributed by atoms with Crippen LogP contribution >= 0.6 is 0 Å². The summed E-state index contributed by atoms with van der Waals surface area (Å²) in [7, 11) is 0. The van der Waals surface area contributed by atoms with Gasteiger partial charge in [-0.2, -0.15) is 0 Å². The van der Waals surface area contributed by atoms with Gasteiger partial charge in [0.15, 0.2) is 5.96 Å². The van der Waals surface area contributed by atoms with E-state index >= 15 is 0 Å². The minimum Gasteiger partial charge on any atom is -0.508 e. The van der Waals surface area contributed by atoms with Crippen molar-refractivity contribution in [2.24, 2.45) is 16.5 Å². The van der Waals surface area contributed by atoms with E-state index in [1.54, 1.807) is 30.3 Å². The number of fused-ring (bicyclic) bond motifs is 3. The lowest BCUT2D eigenvalue weighted by atomic mass is 10.1. The molecule has 2 heterocycles. The van der Waals surface area contributed by atoms with E-state index in [1.165, 1.54) is 0 Å². The Morgan fingerprint density at radius 3 is 2.62 bits per heavy atom. The van der Waals surface area contributed by atoms with Gasteiger partial charge in [0.25, 0.3) is 5.91 Å². The van der Waals surface area contributed by atoms with Crippen molar-refractivity contribution in [3.05, 3.63) is 60.3 Å².